The fourth-order valence-corrected chi connectivity index (χ4v) is 3.15. The average Bonchev–Trinajstić information content (AvgIpc) is 3.22. The summed E-state index contributed by atoms with van der Waals surface area (Å²) in [5.74, 6) is -0.180. The fraction of sp³-hybridized carbons (Fsp3) is 0.462. The molecule has 1 aliphatic heterocycles. The SMILES string of the molecule is CCCCC.CN.Cc1ccc(F)cc1CC1=C(N)CNC1.NCc1ccccc1C(F)(F)F. The normalized spacial score (nSPS) is 12.6. The monoisotopic (exact) mass is 484 g/mol. The summed E-state index contributed by atoms with van der Waals surface area (Å²) in [4.78, 5) is 0. The van der Waals surface area contributed by atoms with Crippen molar-refractivity contribution >= 4 is 0 Å². The lowest BCUT2D eigenvalue weighted by molar-refractivity contribution is -0.138. The van der Waals surface area contributed by atoms with Gasteiger partial charge in [-0.25, -0.2) is 4.39 Å². The third-order valence-electron chi connectivity index (χ3n) is 5.07. The highest BCUT2D eigenvalue weighted by Crippen LogP contribution is 2.31. The molecule has 0 radical (unpaired) electrons. The number of aryl methyl sites for hydroxylation is 1. The van der Waals surface area contributed by atoms with Gasteiger partial charge in [0.1, 0.15) is 5.82 Å². The Morgan fingerprint density at radius 2 is 1.56 bits per heavy atom. The number of nitrogens with one attached hydrogen (secondary N) is 1. The Morgan fingerprint density at radius 1 is 0.941 bits per heavy atom. The molecule has 192 valence electrons. The lowest BCUT2D eigenvalue weighted by Crippen LogP contribution is -2.11. The van der Waals surface area contributed by atoms with Crippen LogP contribution in [0.2, 0.25) is 0 Å². The van der Waals surface area contributed by atoms with Gasteiger partial charge in [0, 0.05) is 25.3 Å². The first-order valence-electron chi connectivity index (χ1n) is 11.5. The smallest absolute Gasteiger partial charge is 0.401 e. The summed E-state index contributed by atoms with van der Waals surface area (Å²) in [7, 11) is 1.50. The predicted molar refractivity (Wildman–Crippen MR) is 134 cm³/mol. The van der Waals surface area contributed by atoms with Gasteiger partial charge in [-0.1, -0.05) is 57.4 Å². The summed E-state index contributed by atoms with van der Waals surface area (Å²) in [5, 5.41) is 3.18. The number of nitrogens with two attached hydrogens (primary N) is 3. The van der Waals surface area contributed by atoms with Crippen molar-refractivity contribution in [1.82, 2.24) is 5.32 Å². The minimum absolute atomic E-state index is 0.0876. The molecule has 1 aliphatic rings. The Balaban J connectivity index is 0.000000514. The van der Waals surface area contributed by atoms with Crippen molar-refractivity contribution in [2.75, 3.05) is 20.1 Å². The molecular weight excluding hydrogens is 444 g/mol. The highest BCUT2D eigenvalue weighted by atomic mass is 19.4. The Labute approximate surface area is 201 Å². The van der Waals surface area contributed by atoms with E-state index in [1.54, 1.807) is 6.07 Å². The lowest BCUT2D eigenvalue weighted by Gasteiger charge is -2.10. The van der Waals surface area contributed by atoms with Crippen LogP contribution >= 0.6 is 0 Å². The molecule has 0 spiro atoms. The van der Waals surface area contributed by atoms with Crippen LogP contribution in [0.1, 0.15) is 55.4 Å². The van der Waals surface area contributed by atoms with Crippen LogP contribution in [0.4, 0.5) is 17.6 Å². The van der Waals surface area contributed by atoms with Crippen molar-refractivity contribution in [1.29, 1.82) is 0 Å². The van der Waals surface area contributed by atoms with E-state index in [0.29, 0.717) is 0 Å². The van der Waals surface area contributed by atoms with Crippen molar-refractivity contribution < 1.29 is 17.6 Å². The van der Waals surface area contributed by atoms with Gasteiger partial charge >= 0.3 is 6.18 Å². The molecule has 0 aromatic heterocycles. The quantitative estimate of drug-likeness (QED) is 0.426. The largest absolute Gasteiger partial charge is 0.416 e. The van der Waals surface area contributed by atoms with Crippen molar-refractivity contribution in [3.63, 3.8) is 0 Å². The number of rotatable bonds is 5. The van der Waals surface area contributed by atoms with Crippen molar-refractivity contribution in [3.8, 4) is 0 Å². The Morgan fingerprint density at radius 3 is 2.00 bits per heavy atom. The van der Waals surface area contributed by atoms with Gasteiger partial charge in [0.05, 0.1) is 5.56 Å². The Bertz CT molecular complexity index is 862. The van der Waals surface area contributed by atoms with Gasteiger partial charge in [-0.3, -0.25) is 0 Å². The van der Waals surface area contributed by atoms with Crippen LogP contribution in [0.25, 0.3) is 0 Å². The molecule has 2 aromatic rings. The molecule has 3 rings (SSSR count). The first-order valence-corrected chi connectivity index (χ1v) is 11.5. The van der Waals surface area contributed by atoms with Gasteiger partial charge in [-0.2, -0.15) is 13.2 Å². The van der Waals surface area contributed by atoms with Crippen LogP contribution in [-0.2, 0) is 19.1 Å². The first kappa shape index (κ1) is 31.6. The van der Waals surface area contributed by atoms with Crippen LogP contribution in [0.3, 0.4) is 0 Å². The molecule has 0 saturated heterocycles. The summed E-state index contributed by atoms with van der Waals surface area (Å²) in [6, 6.07) is 10.2. The van der Waals surface area contributed by atoms with Crippen LogP contribution in [0, 0.1) is 12.7 Å². The zero-order valence-corrected chi connectivity index (χ0v) is 20.7. The van der Waals surface area contributed by atoms with E-state index < -0.39 is 11.7 Å². The van der Waals surface area contributed by atoms with Gasteiger partial charge in [-0.15, -0.1) is 0 Å². The van der Waals surface area contributed by atoms with Gasteiger partial charge in [-0.05, 0) is 60.9 Å². The number of hydrogen-bond acceptors (Lipinski definition) is 4. The second-order valence-electron chi connectivity index (χ2n) is 7.69. The van der Waals surface area contributed by atoms with Gasteiger partial charge in [0.15, 0.2) is 0 Å². The van der Waals surface area contributed by atoms with E-state index in [-0.39, 0.29) is 17.9 Å². The number of benzene rings is 2. The van der Waals surface area contributed by atoms with Gasteiger partial charge in [0.25, 0.3) is 0 Å². The van der Waals surface area contributed by atoms with Crippen LogP contribution < -0.4 is 22.5 Å². The maximum absolute atomic E-state index is 13.1. The molecule has 0 amide bonds. The number of halogens is 4. The van der Waals surface area contributed by atoms with E-state index in [1.165, 1.54) is 56.1 Å². The third-order valence-corrected chi connectivity index (χ3v) is 5.07. The van der Waals surface area contributed by atoms with E-state index in [2.05, 4.69) is 24.9 Å². The Kier molecular flexibility index (Phi) is 15.9. The Hall–Kier alpha value is -2.42. The zero-order chi connectivity index (χ0) is 26.1. The average molecular weight is 485 g/mol. The molecule has 0 unspecified atom stereocenters. The van der Waals surface area contributed by atoms with Gasteiger partial charge in [0.2, 0.25) is 0 Å². The second kappa shape index (κ2) is 17.1. The number of unbranched alkanes of at least 4 members (excludes halogenated alkanes) is 2. The number of hydrogen-bond donors (Lipinski definition) is 4. The summed E-state index contributed by atoms with van der Waals surface area (Å²) in [6.45, 7) is 7.90. The minimum Gasteiger partial charge on any atom is -0.401 e. The molecule has 0 bridgehead atoms. The fourth-order valence-electron chi connectivity index (χ4n) is 3.15. The highest BCUT2D eigenvalue weighted by molar-refractivity contribution is 5.34. The molecule has 4 nitrogen and oxygen atoms in total. The molecule has 0 fully saturated rings. The summed E-state index contributed by atoms with van der Waals surface area (Å²) in [6.07, 6.45) is 0.533. The third kappa shape index (κ3) is 11.6. The zero-order valence-electron chi connectivity index (χ0n) is 20.7. The molecule has 0 saturated carbocycles. The van der Waals surface area contributed by atoms with E-state index >= 15 is 0 Å². The predicted octanol–water partition coefficient (Wildman–Crippen LogP) is 5.43. The molecule has 0 aliphatic carbocycles. The van der Waals surface area contributed by atoms with Gasteiger partial charge < -0.3 is 22.5 Å². The van der Waals surface area contributed by atoms with Crippen LogP contribution in [0.15, 0.2) is 53.7 Å². The molecule has 7 N–H and O–H groups in total. The standard InChI is InChI=1S/C12H15FN2.C8H8F3N.C5H12.CH5N/c1-8-2-3-11(13)5-9(8)4-10-6-15-7-12(10)14;9-8(10,11)7-4-2-1-3-6(7)5-12;1-3-5-4-2;1-2/h2-3,5,15H,4,6-7,14H2,1H3;1-4H,5,12H2;3-5H2,1-2H3;2H2,1H3. The number of alkyl halides is 3. The molecule has 2 aromatic carbocycles. The van der Waals surface area contributed by atoms with Crippen LogP contribution in [-0.4, -0.2) is 20.1 Å². The summed E-state index contributed by atoms with van der Waals surface area (Å²) < 4.78 is 49.6. The molecular formula is C26H40F4N4. The van der Waals surface area contributed by atoms with E-state index in [4.69, 9.17) is 11.5 Å². The second-order valence-corrected chi connectivity index (χ2v) is 7.69. The molecule has 34 heavy (non-hydrogen) atoms. The maximum Gasteiger partial charge on any atom is 0.416 e. The summed E-state index contributed by atoms with van der Waals surface area (Å²) in [5.41, 5.74) is 19.2. The maximum atomic E-state index is 13.1. The topological polar surface area (TPSA) is 90.1 Å². The van der Waals surface area contributed by atoms with E-state index in [1.807, 2.05) is 13.0 Å². The van der Waals surface area contributed by atoms with Crippen molar-refractivity contribution in [2.45, 2.75) is 59.2 Å². The minimum atomic E-state index is -4.30. The van der Waals surface area contributed by atoms with Crippen molar-refractivity contribution in [3.05, 3.63) is 81.8 Å². The van der Waals surface area contributed by atoms with E-state index in [0.717, 1.165) is 42.4 Å². The van der Waals surface area contributed by atoms with Crippen molar-refractivity contribution in [2.24, 2.45) is 17.2 Å². The molecule has 0 atom stereocenters. The van der Waals surface area contributed by atoms with Crippen LogP contribution in [0.5, 0.6) is 0 Å². The summed E-state index contributed by atoms with van der Waals surface area (Å²) >= 11 is 0. The highest BCUT2D eigenvalue weighted by Gasteiger charge is 2.32. The van der Waals surface area contributed by atoms with E-state index in [9.17, 15) is 17.6 Å². The molecule has 1 heterocycles. The molecule has 8 heteroatoms. The first-order chi connectivity index (χ1) is 16.1. The lowest BCUT2D eigenvalue weighted by atomic mass is 10.0.